The van der Waals surface area contributed by atoms with Crippen molar-refractivity contribution < 1.29 is 0 Å². The van der Waals surface area contributed by atoms with Crippen molar-refractivity contribution in [2.45, 2.75) is 31.6 Å². The molecule has 0 radical (unpaired) electrons. The van der Waals surface area contributed by atoms with Crippen LogP contribution in [0.1, 0.15) is 37.3 Å². The van der Waals surface area contributed by atoms with Gasteiger partial charge in [0.25, 0.3) is 0 Å². The van der Waals surface area contributed by atoms with E-state index in [4.69, 9.17) is 4.98 Å². The smallest absolute Gasteiger partial charge is 0.227 e. The lowest BCUT2D eigenvalue weighted by Gasteiger charge is -2.22. The average molecular weight is 325 g/mol. The van der Waals surface area contributed by atoms with E-state index in [9.17, 15) is 0 Å². The number of hydrogen-bond acceptors (Lipinski definition) is 6. The van der Waals surface area contributed by atoms with Gasteiger partial charge in [0.2, 0.25) is 5.95 Å². The van der Waals surface area contributed by atoms with E-state index < -0.39 is 0 Å². The van der Waals surface area contributed by atoms with Gasteiger partial charge in [-0.1, -0.05) is 0 Å². The van der Waals surface area contributed by atoms with Crippen molar-refractivity contribution >= 4 is 17.6 Å². The van der Waals surface area contributed by atoms with Crippen LogP contribution in [-0.4, -0.2) is 46.3 Å². The summed E-state index contributed by atoms with van der Waals surface area (Å²) < 4.78 is 0. The van der Waals surface area contributed by atoms with Crippen LogP contribution in [0.15, 0.2) is 18.3 Å². The van der Waals surface area contributed by atoms with E-state index in [0.717, 1.165) is 43.8 Å². The normalized spacial score (nSPS) is 26.4. The number of anilines is 3. The Hall–Kier alpha value is -2.15. The summed E-state index contributed by atoms with van der Waals surface area (Å²) in [5.74, 6) is 3.13. The average Bonchev–Trinajstić information content (AvgIpc) is 3.01. The summed E-state index contributed by atoms with van der Waals surface area (Å²) in [7, 11) is 0. The first-order valence-corrected chi connectivity index (χ1v) is 8.91. The Morgan fingerprint density at radius 1 is 1.25 bits per heavy atom. The largest absolute Gasteiger partial charge is 0.340 e. The molecule has 1 spiro atoms. The molecule has 7 nitrogen and oxygen atoms in total. The van der Waals surface area contributed by atoms with Crippen molar-refractivity contribution in [1.29, 1.82) is 0 Å². The minimum absolute atomic E-state index is 0.425. The van der Waals surface area contributed by atoms with Crippen LogP contribution < -0.4 is 15.5 Å². The number of aromatic nitrogens is 4. The van der Waals surface area contributed by atoms with Crippen LogP contribution in [0, 0.1) is 5.41 Å². The van der Waals surface area contributed by atoms with Gasteiger partial charge in [-0.3, -0.25) is 5.10 Å². The molecule has 0 bridgehead atoms. The molecule has 1 aliphatic carbocycles. The first kappa shape index (κ1) is 14.2. The lowest BCUT2D eigenvalue weighted by atomic mass is 9.87. The van der Waals surface area contributed by atoms with Crippen LogP contribution in [0.25, 0.3) is 0 Å². The van der Waals surface area contributed by atoms with Gasteiger partial charge in [-0.05, 0) is 38.3 Å². The lowest BCUT2D eigenvalue weighted by Crippen LogP contribution is -2.30. The number of H-pyrrole nitrogens is 1. The highest BCUT2D eigenvalue weighted by Crippen LogP contribution is 2.40. The van der Waals surface area contributed by atoms with Gasteiger partial charge in [0.15, 0.2) is 5.82 Å². The second-order valence-corrected chi connectivity index (χ2v) is 7.45. The molecule has 2 aromatic heterocycles. The van der Waals surface area contributed by atoms with Gasteiger partial charge in [-0.15, -0.1) is 0 Å². The number of aromatic amines is 1. The molecule has 0 unspecified atom stereocenters. The van der Waals surface area contributed by atoms with Crippen molar-refractivity contribution in [2.75, 3.05) is 36.4 Å². The van der Waals surface area contributed by atoms with Crippen molar-refractivity contribution in [1.82, 2.24) is 25.5 Å². The van der Waals surface area contributed by atoms with Gasteiger partial charge in [0.05, 0.1) is 0 Å². The molecule has 3 aliphatic rings. The SMILES string of the molecule is c1cc(Nc2cc(C3CC3)[nH]n2)nc(N2CC[C@@]3(CCNC3)C2)n1. The monoisotopic (exact) mass is 325 g/mol. The molecule has 5 rings (SSSR count). The zero-order valence-corrected chi connectivity index (χ0v) is 13.8. The third kappa shape index (κ3) is 2.62. The van der Waals surface area contributed by atoms with Crippen molar-refractivity contribution in [3.63, 3.8) is 0 Å². The fraction of sp³-hybridized carbons (Fsp3) is 0.588. The number of hydrogen-bond donors (Lipinski definition) is 3. The number of nitrogens with one attached hydrogen (secondary N) is 3. The Morgan fingerprint density at radius 3 is 3.04 bits per heavy atom. The molecule has 24 heavy (non-hydrogen) atoms. The van der Waals surface area contributed by atoms with Crippen molar-refractivity contribution in [3.05, 3.63) is 24.0 Å². The molecule has 7 heteroatoms. The summed E-state index contributed by atoms with van der Waals surface area (Å²) in [6.07, 6.45) is 6.86. The van der Waals surface area contributed by atoms with Gasteiger partial charge >= 0.3 is 0 Å². The van der Waals surface area contributed by atoms with Crippen LogP contribution in [0.4, 0.5) is 17.6 Å². The number of rotatable bonds is 4. The predicted octanol–water partition coefficient (Wildman–Crippen LogP) is 2.01. The fourth-order valence-electron chi connectivity index (χ4n) is 3.96. The first-order valence-electron chi connectivity index (χ1n) is 8.91. The topological polar surface area (TPSA) is 81.8 Å². The molecule has 0 aromatic carbocycles. The quantitative estimate of drug-likeness (QED) is 0.798. The molecular weight excluding hydrogens is 302 g/mol. The standard InChI is InChI=1S/C17H23N7/c1-2-12(1)13-9-15(23-22-13)20-14-3-6-19-16(21-14)24-8-5-17(11-24)4-7-18-10-17/h3,6,9,12,18H,1-2,4-5,7-8,10-11H2,(H2,19,20,21,22,23)/t17-/m1/s1. The maximum atomic E-state index is 4.70. The van der Waals surface area contributed by atoms with E-state index in [0.29, 0.717) is 11.3 Å². The van der Waals surface area contributed by atoms with Crippen LogP contribution in [-0.2, 0) is 0 Å². The molecule has 2 aromatic rings. The van der Waals surface area contributed by atoms with Crippen LogP contribution in [0.5, 0.6) is 0 Å². The molecule has 4 heterocycles. The van der Waals surface area contributed by atoms with Gasteiger partial charge < -0.3 is 15.5 Å². The highest BCUT2D eigenvalue weighted by Gasteiger charge is 2.41. The van der Waals surface area contributed by atoms with E-state index in [2.05, 4.69) is 36.8 Å². The van der Waals surface area contributed by atoms with E-state index >= 15 is 0 Å². The van der Waals surface area contributed by atoms with Crippen LogP contribution in [0.2, 0.25) is 0 Å². The summed E-state index contributed by atoms with van der Waals surface area (Å²) in [5, 5.41) is 14.3. The third-order valence-corrected chi connectivity index (χ3v) is 5.57. The molecular formula is C17H23N7. The van der Waals surface area contributed by atoms with Crippen LogP contribution in [0.3, 0.4) is 0 Å². The molecule has 1 atom stereocenters. The highest BCUT2D eigenvalue weighted by molar-refractivity contribution is 5.54. The van der Waals surface area contributed by atoms with Gasteiger partial charge in [-0.2, -0.15) is 10.1 Å². The summed E-state index contributed by atoms with van der Waals surface area (Å²) in [4.78, 5) is 11.5. The predicted molar refractivity (Wildman–Crippen MR) is 92.6 cm³/mol. The van der Waals surface area contributed by atoms with Gasteiger partial charge in [0.1, 0.15) is 5.82 Å². The Morgan fingerprint density at radius 2 is 2.21 bits per heavy atom. The Balaban J connectivity index is 1.30. The number of nitrogens with zero attached hydrogens (tertiary/aromatic N) is 4. The molecule has 126 valence electrons. The van der Waals surface area contributed by atoms with E-state index in [1.165, 1.54) is 31.4 Å². The minimum atomic E-state index is 0.425. The summed E-state index contributed by atoms with van der Waals surface area (Å²) in [5.41, 5.74) is 1.65. The maximum absolute atomic E-state index is 4.70. The highest BCUT2D eigenvalue weighted by atomic mass is 15.3. The third-order valence-electron chi connectivity index (χ3n) is 5.57. The Labute approximate surface area is 141 Å². The van der Waals surface area contributed by atoms with Crippen molar-refractivity contribution in [2.24, 2.45) is 5.41 Å². The Bertz CT molecular complexity index is 730. The molecule has 3 N–H and O–H groups in total. The molecule has 3 fully saturated rings. The van der Waals surface area contributed by atoms with E-state index in [1.807, 2.05) is 12.3 Å². The van der Waals surface area contributed by atoms with Gasteiger partial charge in [0, 0.05) is 48.9 Å². The zero-order valence-electron chi connectivity index (χ0n) is 13.8. The summed E-state index contributed by atoms with van der Waals surface area (Å²) >= 11 is 0. The van der Waals surface area contributed by atoms with E-state index in [-0.39, 0.29) is 0 Å². The minimum Gasteiger partial charge on any atom is -0.340 e. The van der Waals surface area contributed by atoms with E-state index in [1.54, 1.807) is 0 Å². The molecule has 2 aliphatic heterocycles. The zero-order chi connectivity index (χ0) is 16.0. The first-order chi connectivity index (χ1) is 11.8. The summed E-state index contributed by atoms with van der Waals surface area (Å²) in [6.45, 7) is 4.36. The molecule has 1 saturated carbocycles. The lowest BCUT2D eigenvalue weighted by molar-refractivity contribution is 0.369. The molecule has 2 saturated heterocycles. The second-order valence-electron chi connectivity index (χ2n) is 7.45. The van der Waals surface area contributed by atoms with Crippen molar-refractivity contribution in [3.8, 4) is 0 Å². The second kappa shape index (κ2) is 5.44. The fourth-order valence-corrected chi connectivity index (χ4v) is 3.96. The summed E-state index contributed by atoms with van der Waals surface area (Å²) in [6, 6.07) is 3.99. The maximum Gasteiger partial charge on any atom is 0.227 e. The van der Waals surface area contributed by atoms with Gasteiger partial charge in [-0.25, -0.2) is 4.98 Å². The molecule has 0 amide bonds. The van der Waals surface area contributed by atoms with Crippen LogP contribution >= 0.6 is 0 Å². The Kier molecular flexibility index (Phi) is 3.22.